The lowest BCUT2D eigenvalue weighted by atomic mass is 10.1. The Labute approximate surface area is 160 Å². The summed E-state index contributed by atoms with van der Waals surface area (Å²) in [5.74, 6) is -0.444. The highest BCUT2D eigenvalue weighted by Gasteiger charge is 2.63. The van der Waals surface area contributed by atoms with Gasteiger partial charge >= 0.3 is 6.03 Å². The van der Waals surface area contributed by atoms with E-state index in [-0.39, 0.29) is 12.6 Å². The van der Waals surface area contributed by atoms with Crippen molar-refractivity contribution in [3.05, 3.63) is 36.0 Å². The van der Waals surface area contributed by atoms with E-state index in [1.807, 2.05) is 0 Å². The van der Waals surface area contributed by atoms with Crippen molar-refractivity contribution >= 4 is 38.6 Å². The fraction of sp³-hybridized carbons (Fsp3) is 0.333. The van der Waals surface area contributed by atoms with Crippen molar-refractivity contribution in [2.45, 2.75) is 24.5 Å². The van der Waals surface area contributed by atoms with E-state index in [2.05, 4.69) is 11.1 Å². The summed E-state index contributed by atoms with van der Waals surface area (Å²) < 4.78 is 25.4. The second kappa shape index (κ2) is 5.50. The molecule has 3 amide bonds. The van der Waals surface area contributed by atoms with Gasteiger partial charge in [0.1, 0.15) is 12.1 Å². The molecule has 0 aliphatic carbocycles. The molecule has 3 unspecified atom stereocenters. The molecule has 0 spiro atoms. The monoisotopic (exact) mass is 397 g/mol. The average molecular weight is 397 g/mol. The molecule has 3 atom stereocenters. The van der Waals surface area contributed by atoms with Crippen molar-refractivity contribution < 1.29 is 18.0 Å². The van der Waals surface area contributed by atoms with Crippen LogP contribution >= 0.6 is 0 Å². The van der Waals surface area contributed by atoms with Crippen LogP contribution in [0, 0.1) is 11.3 Å². The molecule has 0 saturated carbocycles. The zero-order chi connectivity index (χ0) is 19.8. The number of hydrogen-bond acceptors (Lipinski definition) is 6. The zero-order valence-corrected chi connectivity index (χ0v) is 15.6. The first-order valence-corrected chi connectivity index (χ1v) is 10.6. The number of urea groups is 1. The number of aromatic nitrogens is 1. The molecule has 2 aromatic rings. The minimum absolute atomic E-state index is 0.211. The van der Waals surface area contributed by atoms with E-state index < -0.39 is 34.0 Å². The maximum absolute atomic E-state index is 13.2. The van der Waals surface area contributed by atoms with Crippen molar-refractivity contribution in [3.63, 3.8) is 0 Å². The molecule has 2 bridgehead atoms. The van der Waals surface area contributed by atoms with Gasteiger partial charge in [0.15, 0.2) is 0 Å². The number of sulfonamides is 1. The third-order valence-electron chi connectivity index (χ3n) is 5.75. The highest BCUT2D eigenvalue weighted by molar-refractivity contribution is 7.88. The van der Waals surface area contributed by atoms with Gasteiger partial charge in [0.25, 0.3) is 5.91 Å². The van der Waals surface area contributed by atoms with Crippen LogP contribution in [0.25, 0.3) is 10.9 Å². The summed E-state index contributed by atoms with van der Waals surface area (Å²) in [5.41, 5.74) is 1.12. The van der Waals surface area contributed by atoms with Crippen molar-refractivity contribution in [1.82, 2.24) is 14.2 Å². The van der Waals surface area contributed by atoms with E-state index in [0.717, 1.165) is 11.2 Å². The topological polar surface area (TPSA) is 115 Å². The Morgan fingerprint density at radius 1 is 1.25 bits per heavy atom. The largest absolute Gasteiger partial charge is 0.332 e. The van der Waals surface area contributed by atoms with Gasteiger partial charge in [-0.25, -0.2) is 18.1 Å². The molecule has 3 aliphatic rings. The van der Waals surface area contributed by atoms with Crippen LogP contribution in [0.1, 0.15) is 12.0 Å². The molecule has 10 heteroatoms. The Morgan fingerprint density at radius 3 is 2.75 bits per heavy atom. The van der Waals surface area contributed by atoms with Crippen LogP contribution in [0.5, 0.6) is 0 Å². The number of imide groups is 1. The number of carbonyl (C=O) groups excluding carboxylic acids is 2. The predicted molar refractivity (Wildman–Crippen MR) is 98.7 cm³/mol. The van der Waals surface area contributed by atoms with E-state index >= 15 is 0 Å². The van der Waals surface area contributed by atoms with Crippen molar-refractivity contribution in [2.24, 2.45) is 0 Å². The van der Waals surface area contributed by atoms with E-state index in [1.165, 1.54) is 15.3 Å². The third-order valence-corrected chi connectivity index (χ3v) is 7.02. The summed E-state index contributed by atoms with van der Waals surface area (Å²) in [6.07, 6.45) is 3.14. The highest BCUT2D eigenvalue weighted by Crippen LogP contribution is 2.44. The number of carbonyl (C=O) groups is 2. The highest BCUT2D eigenvalue weighted by atomic mass is 32.2. The lowest BCUT2D eigenvalue weighted by Crippen LogP contribution is -2.54. The minimum atomic E-state index is -3.46. The molecule has 3 fully saturated rings. The zero-order valence-electron chi connectivity index (χ0n) is 14.8. The van der Waals surface area contributed by atoms with E-state index in [0.29, 0.717) is 28.6 Å². The van der Waals surface area contributed by atoms with E-state index in [9.17, 15) is 23.3 Å². The quantitative estimate of drug-likeness (QED) is 0.688. The molecular weight excluding hydrogens is 382 g/mol. The number of anilines is 1. The SMILES string of the molecule is CS(=O)(=O)N1CC2CC1C1C(=O)N(c3ccc(C#N)c4ncccc34)C(=O)N21. The van der Waals surface area contributed by atoms with E-state index in [4.69, 9.17) is 0 Å². The molecule has 5 rings (SSSR count). The summed E-state index contributed by atoms with van der Waals surface area (Å²) in [6.45, 7) is 0.211. The number of hydrogen-bond donors (Lipinski definition) is 0. The number of benzene rings is 1. The van der Waals surface area contributed by atoms with Crippen LogP contribution in [-0.4, -0.2) is 65.5 Å². The average Bonchev–Trinajstić information content (AvgIpc) is 3.33. The fourth-order valence-electron chi connectivity index (χ4n) is 4.66. The Morgan fingerprint density at radius 2 is 2.04 bits per heavy atom. The summed E-state index contributed by atoms with van der Waals surface area (Å²) >= 11 is 0. The number of nitrogens with zero attached hydrogens (tertiary/aromatic N) is 5. The summed E-state index contributed by atoms with van der Waals surface area (Å²) in [4.78, 5) is 33.2. The maximum atomic E-state index is 13.2. The first kappa shape index (κ1) is 17.1. The molecule has 3 saturated heterocycles. The number of nitriles is 1. The molecule has 9 nitrogen and oxygen atoms in total. The Kier molecular flexibility index (Phi) is 3.36. The number of amides is 3. The van der Waals surface area contributed by atoms with Crippen LogP contribution in [0.2, 0.25) is 0 Å². The van der Waals surface area contributed by atoms with E-state index in [1.54, 1.807) is 24.4 Å². The standard InChI is InChI=1S/C18H15N5O4S/c1-28(26,27)21-9-11-7-14(21)16-17(24)23(18(25)22(11)16)13-5-4-10(8-19)15-12(13)3-2-6-20-15/h2-6,11,14,16H,7,9H2,1H3. The number of rotatable bonds is 2. The summed E-state index contributed by atoms with van der Waals surface area (Å²) in [7, 11) is -3.46. The van der Waals surface area contributed by atoms with Gasteiger partial charge in [-0.3, -0.25) is 9.78 Å². The first-order chi connectivity index (χ1) is 13.3. The Hall–Kier alpha value is -3.03. The van der Waals surface area contributed by atoms with Gasteiger partial charge < -0.3 is 4.90 Å². The second-order valence-electron chi connectivity index (χ2n) is 7.24. The molecule has 28 heavy (non-hydrogen) atoms. The van der Waals surface area contributed by atoms with Gasteiger partial charge in [-0.2, -0.15) is 9.57 Å². The second-order valence-corrected chi connectivity index (χ2v) is 9.18. The maximum Gasteiger partial charge on any atom is 0.332 e. The van der Waals surface area contributed by atoms with Gasteiger partial charge in [-0.05, 0) is 30.7 Å². The van der Waals surface area contributed by atoms with Gasteiger partial charge in [-0.15, -0.1) is 0 Å². The normalized spacial score (nSPS) is 26.9. The predicted octanol–water partition coefficient (Wildman–Crippen LogP) is 0.660. The molecular formula is C18H15N5O4S. The number of piperazine rings is 1. The van der Waals surface area contributed by atoms with Crippen molar-refractivity contribution in [3.8, 4) is 6.07 Å². The molecule has 0 radical (unpaired) electrons. The molecule has 142 valence electrons. The number of fused-ring (bicyclic) bond motifs is 6. The van der Waals surface area contributed by atoms with Gasteiger partial charge in [0.2, 0.25) is 10.0 Å². The Bertz CT molecular complexity index is 1200. The van der Waals surface area contributed by atoms with Gasteiger partial charge in [0.05, 0.1) is 29.1 Å². The molecule has 1 aromatic carbocycles. The van der Waals surface area contributed by atoms with Gasteiger partial charge in [0, 0.05) is 24.2 Å². The van der Waals surface area contributed by atoms with Crippen LogP contribution in [0.3, 0.4) is 0 Å². The third kappa shape index (κ3) is 2.08. The first-order valence-electron chi connectivity index (χ1n) is 8.74. The van der Waals surface area contributed by atoms with Crippen LogP contribution in [0.4, 0.5) is 10.5 Å². The summed E-state index contributed by atoms with van der Waals surface area (Å²) in [5, 5.41) is 9.83. The van der Waals surface area contributed by atoms with Gasteiger partial charge in [-0.1, -0.05) is 0 Å². The molecule has 3 aliphatic heterocycles. The Balaban J connectivity index is 1.62. The van der Waals surface area contributed by atoms with Crippen molar-refractivity contribution in [2.75, 3.05) is 17.7 Å². The smallest absolute Gasteiger partial charge is 0.306 e. The van der Waals surface area contributed by atoms with Crippen LogP contribution in [0.15, 0.2) is 30.5 Å². The molecule has 1 aromatic heterocycles. The minimum Gasteiger partial charge on any atom is -0.306 e. The molecule has 0 N–H and O–H groups in total. The van der Waals surface area contributed by atoms with Crippen LogP contribution < -0.4 is 4.90 Å². The van der Waals surface area contributed by atoms with Crippen LogP contribution in [-0.2, 0) is 14.8 Å². The lowest BCUT2D eigenvalue weighted by Gasteiger charge is -2.33. The lowest BCUT2D eigenvalue weighted by molar-refractivity contribution is -0.120. The fourth-order valence-corrected chi connectivity index (χ4v) is 5.80. The summed E-state index contributed by atoms with van der Waals surface area (Å²) in [6, 6.07) is 6.43. The number of pyridine rings is 1. The van der Waals surface area contributed by atoms with Crippen molar-refractivity contribution in [1.29, 1.82) is 5.26 Å². The molecule has 4 heterocycles.